The third kappa shape index (κ3) is 5.93. The molecule has 3 nitrogen and oxygen atoms in total. The van der Waals surface area contributed by atoms with Crippen molar-refractivity contribution >= 4 is 18.3 Å². The first-order chi connectivity index (χ1) is 9.22. The molecule has 0 fully saturated rings. The fourth-order valence-electron chi connectivity index (χ4n) is 2.40. The van der Waals surface area contributed by atoms with E-state index in [0.717, 1.165) is 19.3 Å². The van der Waals surface area contributed by atoms with Gasteiger partial charge in [0.25, 0.3) is 0 Å². The number of benzene rings is 1. The van der Waals surface area contributed by atoms with Crippen molar-refractivity contribution in [2.75, 3.05) is 6.54 Å². The highest BCUT2D eigenvalue weighted by atomic mass is 35.5. The predicted molar refractivity (Wildman–Crippen MR) is 86.9 cm³/mol. The lowest BCUT2D eigenvalue weighted by atomic mass is 9.88. The van der Waals surface area contributed by atoms with Crippen molar-refractivity contribution in [2.45, 2.75) is 45.6 Å². The summed E-state index contributed by atoms with van der Waals surface area (Å²) in [4.78, 5) is 12.0. The molecule has 1 unspecified atom stereocenters. The summed E-state index contributed by atoms with van der Waals surface area (Å²) in [5.41, 5.74) is 6.64. The molecule has 0 bridgehead atoms. The zero-order chi connectivity index (χ0) is 14.1. The Morgan fingerprint density at radius 2 is 1.80 bits per heavy atom. The molecule has 0 saturated carbocycles. The van der Waals surface area contributed by atoms with Gasteiger partial charge in [0.1, 0.15) is 0 Å². The van der Waals surface area contributed by atoms with Gasteiger partial charge in [-0.3, -0.25) is 4.79 Å². The van der Waals surface area contributed by atoms with Gasteiger partial charge in [0.2, 0.25) is 5.91 Å². The van der Waals surface area contributed by atoms with Gasteiger partial charge in [-0.05, 0) is 24.4 Å². The van der Waals surface area contributed by atoms with Gasteiger partial charge in [0.15, 0.2) is 0 Å². The van der Waals surface area contributed by atoms with Crippen LogP contribution in [-0.4, -0.2) is 12.5 Å². The van der Waals surface area contributed by atoms with E-state index in [2.05, 4.69) is 31.3 Å². The molecule has 3 N–H and O–H groups in total. The largest absolute Gasteiger partial charge is 0.349 e. The average molecular weight is 299 g/mol. The third-order valence-electron chi connectivity index (χ3n) is 3.60. The van der Waals surface area contributed by atoms with Crippen molar-refractivity contribution in [2.24, 2.45) is 11.7 Å². The first-order valence-corrected chi connectivity index (χ1v) is 7.27. The second-order valence-corrected chi connectivity index (χ2v) is 4.92. The number of hydrogen-bond donors (Lipinski definition) is 2. The van der Waals surface area contributed by atoms with Crippen LogP contribution in [0, 0.1) is 5.92 Å². The van der Waals surface area contributed by atoms with Crippen LogP contribution in [0.3, 0.4) is 0 Å². The number of hydrogen-bond acceptors (Lipinski definition) is 2. The number of nitrogens with two attached hydrogens (primary N) is 1. The highest BCUT2D eigenvalue weighted by Gasteiger charge is 2.21. The molecule has 1 aromatic rings. The number of nitrogens with one attached hydrogen (secondary N) is 1. The molecule has 20 heavy (non-hydrogen) atoms. The molecule has 0 aliphatic rings. The summed E-state index contributed by atoms with van der Waals surface area (Å²) in [6.45, 7) is 4.92. The first-order valence-electron chi connectivity index (χ1n) is 7.27. The minimum Gasteiger partial charge on any atom is -0.349 e. The highest BCUT2D eigenvalue weighted by Crippen LogP contribution is 2.27. The Hall–Kier alpha value is -1.06. The van der Waals surface area contributed by atoms with Crippen LogP contribution in [0.5, 0.6) is 0 Å². The molecule has 1 atom stereocenters. The van der Waals surface area contributed by atoms with Gasteiger partial charge in [-0.15, -0.1) is 12.4 Å². The van der Waals surface area contributed by atoms with Crippen LogP contribution in [0.1, 0.15) is 51.1 Å². The fourth-order valence-corrected chi connectivity index (χ4v) is 2.40. The molecule has 0 heterocycles. The Labute approximate surface area is 128 Å². The SMILES string of the molecule is CCC(CC)C(NC(=O)CCCN)c1ccccc1.Cl. The number of carbonyl (C=O) groups excluding carboxylic acids is 1. The molecule has 0 saturated heterocycles. The molecular formula is C16H27ClN2O. The summed E-state index contributed by atoms with van der Waals surface area (Å²) in [7, 11) is 0. The van der Waals surface area contributed by atoms with E-state index in [4.69, 9.17) is 5.73 Å². The molecular weight excluding hydrogens is 272 g/mol. The average Bonchev–Trinajstić information content (AvgIpc) is 2.46. The van der Waals surface area contributed by atoms with Gasteiger partial charge in [0.05, 0.1) is 6.04 Å². The third-order valence-corrected chi connectivity index (χ3v) is 3.60. The summed E-state index contributed by atoms with van der Waals surface area (Å²) in [6, 6.07) is 10.3. The second kappa shape index (κ2) is 10.7. The molecule has 0 radical (unpaired) electrons. The zero-order valence-corrected chi connectivity index (χ0v) is 13.3. The van der Waals surface area contributed by atoms with E-state index in [1.807, 2.05) is 18.2 Å². The Morgan fingerprint density at radius 3 is 2.30 bits per heavy atom. The van der Waals surface area contributed by atoms with Crippen LogP contribution in [0.2, 0.25) is 0 Å². The molecule has 0 spiro atoms. The van der Waals surface area contributed by atoms with Crippen LogP contribution in [0.4, 0.5) is 0 Å². The van der Waals surface area contributed by atoms with Crippen LogP contribution >= 0.6 is 12.4 Å². The fraction of sp³-hybridized carbons (Fsp3) is 0.562. The standard InChI is InChI=1S/C16H26N2O.ClH/c1-3-13(4-2)16(14-9-6-5-7-10-14)18-15(19)11-8-12-17;/h5-7,9-10,13,16H,3-4,8,11-12,17H2,1-2H3,(H,18,19);1H. The molecule has 1 aromatic carbocycles. The van der Waals surface area contributed by atoms with Crippen molar-refractivity contribution in [1.29, 1.82) is 0 Å². The maximum Gasteiger partial charge on any atom is 0.220 e. The van der Waals surface area contributed by atoms with E-state index < -0.39 is 0 Å². The number of halogens is 1. The molecule has 4 heteroatoms. The summed E-state index contributed by atoms with van der Waals surface area (Å²) < 4.78 is 0. The smallest absolute Gasteiger partial charge is 0.220 e. The van der Waals surface area contributed by atoms with E-state index in [1.165, 1.54) is 5.56 Å². The minimum atomic E-state index is 0. The maximum atomic E-state index is 12.0. The quantitative estimate of drug-likeness (QED) is 0.772. The number of rotatable bonds is 8. The molecule has 0 aliphatic heterocycles. The summed E-state index contributed by atoms with van der Waals surface area (Å²) >= 11 is 0. The zero-order valence-electron chi connectivity index (χ0n) is 12.5. The minimum absolute atomic E-state index is 0. The van der Waals surface area contributed by atoms with Crippen LogP contribution in [-0.2, 0) is 4.79 Å². The van der Waals surface area contributed by atoms with Gasteiger partial charge in [-0.1, -0.05) is 57.0 Å². The van der Waals surface area contributed by atoms with Gasteiger partial charge < -0.3 is 11.1 Å². The van der Waals surface area contributed by atoms with Crippen molar-refractivity contribution in [3.63, 3.8) is 0 Å². The van der Waals surface area contributed by atoms with Gasteiger partial charge in [-0.2, -0.15) is 0 Å². The summed E-state index contributed by atoms with van der Waals surface area (Å²) in [6.07, 6.45) is 3.39. The Kier molecular flexibility index (Phi) is 10.1. The van der Waals surface area contributed by atoms with Crippen molar-refractivity contribution in [1.82, 2.24) is 5.32 Å². The Morgan fingerprint density at radius 1 is 1.20 bits per heavy atom. The van der Waals surface area contributed by atoms with E-state index in [1.54, 1.807) is 0 Å². The number of carbonyl (C=O) groups is 1. The van der Waals surface area contributed by atoms with E-state index in [9.17, 15) is 4.79 Å². The predicted octanol–water partition coefficient (Wildman–Crippen LogP) is 3.44. The second-order valence-electron chi connectivity index (χ2n) is 4.92. The molecule has 1 rings (SSSR count). The van der Waals surface area contributed by atoms with Crippen molar-refractivity contribution in [3.05, 3.63) is 35.9 Å². The van der Waals surface area contributed by atoms with E-state index in [0.29, 0.717) is 18.9 Å². The van der Waals surface area contributed by atoms with Crippen molar-refractivity contribution in [3.8, 4) is 0 Å². The lowest BCUT2D eigenvalue weighted by Crippen LogP contribution is -2.33. The Balaban J connectivity index is 0.00000361. The molecule has 0 aromatic heterocycles. The van der Waals surface area contributed by atoms with Crippen LogP contribution in [0.15, 0.2) is 30.3 Å². The Bertz CT molecular complexity index is 366. The molecule has 1 amide bonds. The summed E-state index contributed by atoms with van der Waals surface area (Å²) in [5.74, 6) is 0.579. The number of amides is 1. The van der Waals surface area contributed by atoms with E-state index in [-0.39, 0.29) is 24.4 Å². The van der Waals surface area contributed by atoms with Crippen LogP contribution < -0.4 is 11.1 Å². The maximum absolute atomic E-state index is 12.0. The first kappa shape index (κ1) is 18.9. The normalized spacial score (nSPS) is 11.8. The monoisotopic (exact) mass is 298 g/mol. The lowest BCUT2D eigenvalue weighted by Gasteiger charge is -2.27. The lowest BCUT2D eigenvalue weighted by molar-refractivity contribution is -0.122. The van der Waals surface area contributed by atoms with Gasteiger partial charge >= 0.3 is 0 Å². The topological polar surface area (TPSA) is 55.1 Å². The molecule has 0 aliphatic carbocycles. The van der Waals surface area contributed by atoms with Gasteiger partial charge in [-0.25, -0.2) is 0 Å². The highest BCUT2D eigenvalue weighted by molar-refractivity contribution is 5.85. The van der Waals surface area contributed by atoms with E-state index >= 15 is 0 Å². The molecule has 114 valence electrons. The van der Waals surface area contributed by atoms with Crippen LogP contribution in [0.25, 0.3) is 0 Å². The summed E-state index contributed by atoms with van der Waals surface area (Å²) in [5, 5.41) is 3.18. The van der Waals surface area contributed by atoms with Gasteiger partial charge in [0, 0.05) is 6.42 Å². The van der Waals surface area contributed by atoms with Crippen molar-refractivity contribution < 1.29 is 4.79 Å².